The maximum atomic E-state index is 4.43. The summed E-state index contributed by atoms with van der Waals surface area (Å²) in [4.78, 5) is 4.43. The van der Waals surface area contributed by atoms with E-state index in [1.54, 1.807) is 0 Å². The van der Waals surface area contributed by atoms with Crippen molar-refractivity contribution >= 4 is 27.7 Å². The maximum Gasteiger partial charge on any atom is 0.215 e. The Balaban J connectivity index is 1.85. The minimum atomic E-state index is 0.446. The van der Waals surface area contributed by atoms with Crippen LogP contribution in [0.5, 0.6) is 0 Å². The number of tetrazole rings is 1. The van der Waals surface area contributed by atoms with Crippen molar-refractivity contribution in [1.29, 1.82) is 0 Å². The molecule has 0 aromatic carbocycles. The number of rotatable bonds is 3. The largest absolute Gasteiger partial charge is 0.248 e. The summed E-state index contributed by atoms with van der Waals surface area (Å²) in [5.74, 6) is 0. The average Bonchev–Trinajstić information content (AvgIpc) is 3.03. The first-order chi connectivity index (χ1) is 9.24. The summed E-state index contributed by atoms with van der Waals surface area (Å²) in [6.07, 6.45) is 6.72. The number of aryl methyl sites for hydroxylation is 1. The molecule has 0 bridgehead atoms. The molecule has 2 aromatic rings. The monoisotopic (exact) mass is 339 g/mol. The highest BCUT2D eigenvalue weighted by Gasteiger charge is 2.22. The highest BCUT2D eigenvalue weighted by atomic mass is 79.9. The van der Waals surface area contributed by atoms with Crippen LogP contribution in [0, 0.1) is 6.92 Å². The second kappa shape index (κ2) is 5.58. The first-order valence-electron chi connectivity index (χ1n) is 6.32. The van der Waals surface area contributed by atoms with Crippen molar-refractivity contribution in [1.82, 2.24) is 25.2 Å². The van der Waals surface area contributed by atoms with E-state index < -0.39 is 0 Å². The van der Waals surface area contributed by atoms with E-state index in [0.29, 0.717) is 6.04 Å². The molecule has 0 radical (unpaired) electrons. The van der Waals surface area contributed by atoms with Gasteiger partial charge in [0, 0.05) is 6.20 Å². The fraction of sp³-hybridized carbons (Fsp3) is 0.500. The van der Waals surface area contributed by atoms with E-state index in [0.717, 1.165) is 20.2 Å². The molecule has 2 heterocycles. The van der Waals surface area contributed by atoms with Crippen LogP contribution in [0.15, 0.2) is 26.9 Å². The lowest BCUT2D eigenvalue weighted by Gasteiger charge is -2.10. The minimum Gasteiger partial charge on any atom is -0.248 e. The lowest BCUT2D eigenvalue weighted by molar-refractivity contribution is 0.423. The van der Waals surface area contributed by atoms with E-state index in [4.69, 9.17) is 0 Å². The van der Waals surface area contributed by atoms with Crippen LogP contribution in [0.25, 0.3) is 0 Å². The minimum absolute atomic E-state index is 0.446. The summed E-state index contributed by atoms with van der Waals surface area (Å²) >= 11 is 5.05. The standard InChI is InChI=1S/C12H14BrN5S/c1-8-6-10(13)11(14-7-8)19-12-15-16-17-18(12)9-4-2-3-5-9/h6-7,9H,2-5H2,1H3. The summed E-state index contributed by atoms with van der Waals surface area (Å²) < 4.78 is 2.93. The molecule has 1 aliphatic carbocycles. The van der Waals surface area contributed by atoms with Crippen LogP contribution in [0.3, 0.4) is 0 Å². The fourth-order valence-corrected chi connectivity index (χ4v) is 3.81. The normalized spacial score (nSPS) is 16.1. The van der Waals surface area contributed by atoms with Crippen LogP contribution in [0.2, 0.25) is 0 Å². The lowest BCUT2D eigenvalue weighted by atomic mass is 10.3. The van der Waals surface area contributed by atoms with Gasteiger partial charge in [0.05, 0.1) is 10.5 Å². The Morgan fingerprint density at radius 3 is 2.89 bits per heavy atom. The first kappa shape index (κ1) is 13.1. The van der Waals surface area contributed by atoms with Gasteiger partial charge in [-0.05, 0) is 69.5 Å². The van der Waals surface area contributed by atoms with Crippen molar-refractivity contribution in [3.05, 3.63) is 22.3 Å². The summed E-state index contributed by atoms with van der Waals surface area (Å²) in [7, 11) is 0. The topological polar surface area (TPSA) is 56.5 Å². The summed E-state index contributed by atoms with van der Waals surface area (Å²) in [6, 6.07) is 2.50. The van der Waals surface area contributed by atoms with Crippen molar-refractivity contribution in [2.75, 3.05) is 0 Å². The molecule has 100 valence electrons. The van der Waals surface area contributed by atoms with E-state index in [1.807, 2.05) is 17.8 Å². The van der Waals surface area contributed by atoms with Crippen molar-refractivity contribution < 1.29 is 0 Å². The number of pyridine rings is 1. The molecule has 0 atom stereocenters. The smallest absolute Gasteiger partial charge is 0.215 e. The number of hydrogen-bond acceptors (Lipinski definition) is 5. The van der Waals surface area contributed by atoms with Crippen molar-refractivity contribution in [2.24, 2.45) is 0 Å². The number of hydrogen-bond donors (Lipinski definition) is 0. The number of halogens is 1. The van der Waals surface area contributed by atoms with Gasteiger partial charge >= 0.3 is 0 Å². The molecule has 1 fully saturated rings. The zero-order valence-electron chi connectivity index (χ0n) is 10.6. The van der Waals surface area contributed by atoms with E-state index in [1.165, 1.54) is 37.4 Å². The van der Waals surface area contributed by atoms with Crippen LogP contribution in [-0.2, 0) is 0 Å². The molecule has 19 heavy (non-hydrogen) atoms. The van der Waals surface area contributed by atoms with Crippen LogP contribution in [0.4, 0.5) is 0 Å². The van der Waals surface area contributed by atoms with Gasteiger partial charge in [-0.2, -0.15) is 0 Å². The molecular weight excluding hydrogens is 326 g/mol. The van der Waals surface area contributed by atoms with E-state index in [-0.39, 0.29) is 0 Å². The molecule has 1 aliphatic rings. The fourth-order valence-electron chi connectivity index (χ4n) is 2.31. The number of aromatic nitrogens is 5. The highest BCUT2D eigenvalue weighted by Crippen LogP contribution is 2.35. The predicted molar refractivity (Wildman–Crippen MR) is 76.1 cm³/mol. The molecule has 5 nitrogen and oxygen atoms in total. The molecular formula is C12H14BrN5S. The Labute approximate surface area is 124 Å². The first-order valence-corrected chi connectivity index (χ1v) is 7.93. The molecule has 0 aliphatic heterocycles. The van der Waals surface area contributed by atoms with Crippen molar-refractivity contribution in [3.8, 4) is 0 Å². The molecule has 7 heteroatoms. The molecule has 0 amide bonds. The molecule has 2 aromatic heterocycles. The molecule has 3 rings (SSSR count). The molecule has 0 spiro atoms. The summed E-state index contributed by atoms with van der Waals surface area (Å²) in [5.41, 5.74) is 1.13. The van der Waals surface area contributed by atoms with Gasteiger partial charge < -0.3 is 0 Å². The Morgan fingerprint density at radius 1 is 1.37 bits per heavy atom. The van der Waals surface area contributed by atoms with Crippen LogP contribution in [-0.4, -0.2) is 25.2 Å². The quantitative estimate of drug-likeness (QED) is 0.857. The van der Waals surface area contributed by atoms with Gasteiger partial charge in [-0.15, -0.1) is 5.10 Å². The van der Waals surface area contributed by atoms with Gasteiger partial charge in [0.1, 0.15) is 5.03 Å². The van der Waals surface area contributed by atoms with Gasteiger partial charge in [-0.25, -0.2) is 9.67 Å². The van der Waals surface area contributed by atoms with E-state index in [9.17, 15) is 0 Å². The van der Waals surface area contributed by atoms with Crippen LogP contribution < -0.4 is 0 Å². The highest BCUT2D eigenvalue weighted by molar-refractivity contribution is 9.10. The molecule has 0 saturated heterocycles. The average molecular weight is 340 g/mol. The predicted octanol–water partition coefficient (Wildman–Crippen LogP) is 3.41. The van der Waals surface area contributed by atoms with Crippen molar-refractivity contribution in [3.63, 3.8) is 0 Å². The Hall–Kier alpha value is -0.950. The second-order valence-corrected chi connectivity index (χ2v) is 6.56. The summed E-state index contributed by atoms with van der Waals surface area (Å²) in [6.45, 7) is 2.02. The number of nitrogens with zero attached hydrogens (tertiary/aromatic N) is 5. The maximum absolute atomic E-state index is 4.43. The van der Waals surface area contributed by atoms with Gasteiger partial charge in [-0.1, -0.05) is 12.8 Å². The van der Waals surface area contributed by atoms with E-state index >= 15 is 0 Å². The summed E-state index contributed by atoms with van der Waals surface area (Å²) in [5, 5.41) is 13.8. The second-order valence-electron chi connectivity index (χ2n) is 4.75. The third-order valence-corrected chi connectivity index (χ3v) is 5.10. The van der Waals surface area contributed by atoms with Gasteiger partial charge in [0.2, 0.25) is 5.16 Å². The third-order valence-electron chi connectivity index (χ3n) is 3.27. The van der Waals surface area contributed by atoms with Gasteiger partial charge in [0.15, 0.2) is 0 Å². The van der Waals surface area contributed by atoms with Crippen LogP contribution in [0.1, 0.15) is 37.3 Å². The third kappa shape index (κ3) is 2.81. The zero-order chi connectivity index (χ0) is 13.2. The van der Waals surface area contributed by atoms with Gasteiger partial charge in [0.25, 0.3) is 0 Å². The molecule has 0 unspecified atom stereocenters. The van der Waals surface area contributed by atoms with Crippen LogP contribution >= 0.6 is 27.7 Å². The van der Waals surface area contributed by atoms with E-state index in [2.05, 4.69) is 42.5 Å². The van der Waals surface area contributed by atoms with Crippen molar-refractivity contribution in [2.45, 2.75) is 48.8 Å². The van der Waals surface area contributed by atoms with Gasteiger partial charge in [-0.3, -0.25) is 0 Å². The molecule has 1 saturated carbocycles. The SMILES string of the molecule is Cc1cnc(Sc2nnnn2C2CCCC2)c(Br)c1. The molecule has 0 N–H and O–H groups in total. The Kier molecular flexibility index (Phi) is 3.83. The zero-order valence-corrected chi connectivity index (χ0v) is 13.0. The Morgan fingerprint density at radius 2 is 2.16 bits per heavy atom. The lowest BCUT2D eigenvalue weighted by Crippen LogP contribution is -2.08. The Bertz CT molecular complexity index is 579.